The highest BCUT2D eigenvalue weighted by molar-refractivity contribution is 5.18. The Morgan fingerprint density at radius 2 is 2.11 bits per heavy atom. The van der Waals surface area contributed by atoms with Crippen LogP contribution < -0.4 is 5.32 Å². The summed E-state index contributed by atoms with van der Waals surface area (Å²) in [7, 11) is 0. The zero-order valence-electron chi connectivity index (χ0n) is 10.9. The third kappa shape index (κ3) is 3.61. The van der Waals surface area contributed by atoms with Gasteiger partial charge < -0.3 is 5.32 Å². The molecule has 2 rings (SSSR count). The van der Waals surface area contributed by atoms with Crippen LogP contribution in [0.3, 0.4) is 0 Å². The fraction of sp³-hybridized carbons (Fsp3) is 0.357. The summed E-state index contributed by atoms with van der Waals surface area (Å²) in [6.45, 7) is 3.85. The van der Waals surface area contributed by atoms with Gasteiger partial charge in [-0.25, -0.2) is 8.78 Å². The quantitative estimate of drug-likeness (QED) is 0.870. The minimum Gasteiger partial charge on any atom is -0.308 e. The molecule has 0 aliphatic rings. The number of nitrogens with zero attached hydrogens (tertiary/aromatic N) is 2. The van der Waals surface area contributed by atoms with Crippen molar-refractivity contribution >= 4 is 0 Å². The van der Waals surface area contributed by atoms with Gasteiger partial charge in [0.15, 0.2) is 11.6 Å². The topological polar surface area (TPSA) is 29.9 Å². The molecule has 5 heteroatoms. The smallest absolute Gasteiger partial charge is 0.163 e. The lowest BCUT2D eigenvalue weighted by Crippen LogP contribution is -2.13. The van der Waals surface area contributed by atoms with Crippen molar-refractivity contribution < 1.29 is 8.78 Å². The average Bonchev–Trinajstić information content (AvgIpc) is 2.83. The summed E-state index contributed by atoms with van der Waals surface area (Å²) >= 11 is 0. The van der Waals surface area contributed by atoms with Crippen molar-refractivity contribution in [3.8, 4) is 0 Å². The number of hydrogen-bond donors (Lipinski definition) is 1. The molecule has 0 unspecified atom stereocenters. The van der Waals surface area contributed by atoms with Crippen LogP contribution in [0.25, 0.3) is 0 Å². The molecule has 0 saturated carbocycles. The van der Waals surface area contributed by atoms with E-state index in [0.29, 0.717) is 18.7 Å². The molecule has 3 nitrogen and oxygen atoms in total. The Balaban J connectivity index is 1.87. The van der Waals surface area contributed by atoms with Gasteiger partial charge in [-0.3, -0.25) is 4.68 Å². The van der Waals surface area contributed by atoms with Gasteiger partial charge in [-0.2, -0.15) is 5.10 Å². The summed E-state index contributed by atoms with van der Waals surface area (Å²) in [5, 5.41) is 7.29. The van der Waals surface area contributed by atoms with E-state index >= 15 is 0 Å². The molecule has 0 atom stereocenters. The minimum atomic E-state index is -0.810. The third-order valence-electron chi connectivity index (χ3n) is 2.82. The Labute approximate surface area is 111 Å². The number of aromatic nitrogens is 2. The molecule has 0 saturated heterocycles. The first kappa shape index (κ1) is 13.7. The molecule has 1 N–H and O–H groups in total. The van der Waals surface area contributed by atoms with E-state index < -0.39 is 11.6 Å². The average molecular weight is 265 g/mol. The standard InChI is InChI=1S/C14H17F2N3/c1-2-6-19-10-11(8-18-19)7-17-9-12-4-3-5-13(15)14(12)16/h3-5,8,10,17H,2,6-7,9H2,1H3. The van der Waals surface area contributed by atoms with Gasteiger partial charge in [0, 0.05) is 37.0 Å². The van der Waals surface area contributed by atoms with Crippen molar-refractivity contribution in [3.63, 3.8) is 0 Å². The molecule has 19 heavy (non-hydrogen) atoms. The first-order chi connectivity index (χ1) is 9.20. The maximum atomic E-state index is 13.4. The molecule has 0 aliphatic heterocycles. The normalized spacial score (nSPS) is 10.9. The van der Waals surface area contributed by atoms with E-state index in [1.807, 2.05) is 10.9 Å². The molecule has 0 spiro atoms. The Bertz CT molecular complexity index is 537. The fourth-order valence-electron chi connectivity index (χ4n) is 1.88. The van der Waals surface area contributed by atoms with E-state index in [0.717, 1.165) is 24.6 Å². The highest BCUT2D eigenvalue weighted by atomic mass is 19.2. The van der Waals surface area contributed by atoms with E-state index in [1.54, 1.807) is 12.3 Å². The van der Waals surface area contributed by atoms with Crippen molar-refractivity contribution in [1.29, 1.82) is 0 Å². The second-order valence-corrected chi connectivity index (χ2v) is 4.43. The second kappa shape index (κ2) is 6.43. The first-order valence-electron chi connectivity index (χ1n) is 6.35. The highest BCUT2D eigenvalue weighted by Crippen LogP contribution is 2.11. The Morgan fingerprint density at radius 1 is 1.26 bits per heavy atom. The molecule has 0 radical (unpaired) electrons. The molecular weight excluding hydrogens is 248 g/mol. The molecule has 1 heterocycles. The summed E-state index contributed by atoms with van der Waals surface area (Å²) in [5.74, 6) is -1.59. The summed E-state index contributed by atoms with van der Waals surface area (Å²) in [4.78, 5) is 0. The summed E-state index contributed by atoms with van der Waals surface area (Å²) in [5.41, 5.74) is 1.37. The molecule has 102 valence electrons. The predicted molar refractivity (Wildman–Crippen MR) is 69.4 cm³/mol. The van der Waals surface area contributed by atoms with Gasteiger partial charge in [-0.1, -0.05) is 19.1 Å². The number of aryl methyl sites for hydroxylation is 1. The lowest BCUT2D eigenvalue weighted by Gasteiger charge is -2.05. The Morgan fingerprint density at radius 3 is 2.89 bits per heavy atom. The van der Waals surface area contributed by atoms with Crippen molar-refractivity contribution in [2.75, 3.05) is 0 Å². The lowest BCUT2D eigenvalue weighted by atomic mass is 10.2. The second-order valence-electron chi connectivity index (χ2n) is 4.43. The van der Waals surface area contributed by atoms with Gasteiger partial charge in [0.2, 0.25) is 0 Å². The number of rotatable bonds is 6. The van der Waals surface area contributed by atoms with Crippen LogP contribution in [0.2, 0.25) is 0 Å². The van der Waals surface area contributed by atoms with Gasteiger partial charge in [0.05, 0.1) is 6.20 Å². The first-order valence-corrected chi connectivity index (χ1v) is 6.35. The van der Waals surface area contributed by atoms with Crippen LogP contribution in [0.4, 0.5) is 8.78 Å². The molecule has 0 fully saturated rings. The van der Waals surface area contributed by atoms with Crippen LogP contribution in [0, 0.1) is 11.6 Å². The zero-order valence-corrected chi connectivity index (χ0v) is 10.9. The molecule has 0 bridgehead atoms. The predicted octanol–water partition coefficient (Wildman–Crippen LogP) is 2.86. The van der Waals surface area contributed by atoms with Gasteiger partial charge >= 0.3 is 0 Å². The van der Waals surface area contributed by atoms with Crippen LogP contribution in [-0.4, -0.2) is 9.78 Å². The molecule has 2 aromatic rings. The summed E-state index contributed by atoms with van der Waals surface area (Å²) in [6.07, 6.45) is 4.77. The van der Waals surface area contributed by atoms with Crippen LogP contribution in [0.1, 0.15) is 24.5 Å². The Kier molecular flexibility index (Phi) is 4.63. The largest absolute Gasteiger partial charge is 0.308 e. The molecule has 0 aliphatic carbocycles. The maximum Gasteiger partial charge on any atom is 0.163 e. The number of benzene rings is 1. The van der Waals surface area contributed by atoms with Crippen molar-refractivity contribution in [1.82, 2.24) is 15.1 Å². The van der Waals surface area contributed by atoms with E-state index in [-0.39, 0.29) is 0 Å². The minimum absolute atomic E-state index is 0.294. The molecular formula is C14H17F2N3. The van der Waals surface area contributed by atoms with Crippen LogP contribution in [0.15, 0.2) is 30.6 Å². The number of hydrogen-bond acceptors (Lipinski definition) is 2. The third-order valence-corrected chi connectivity index (χ3v) is 2.82. The summed E-state index contributed by atoms with van der Waals surface area (Å²) < 4.78 is 28.3. The van der Waals surface area contributed by atoms with E-state index in [2.05, 4.69) is 17.3 Å². The highest BCUT2D eigenvalue weighted by Gasteiger charge is 2.07. The van der Waals surface area contributed by atoms with Gasteiger partial charge in [0.25, 0.3) is 0 Å². The van der Waals surface area contributed by atoms with E-state index in [4.69, 9.17) is 0 Å². The fourth-order valence-corrected chi connectivity index (χ4v) is 1.88. The van der Waals surface area contributed by atoms with Crippen LogP contribution in [0.5, 0.6) is 0 Å². The van der Waals surface area contributed by atoms with Crippen LogP contribution >= 0.6 is 0 Å². The molecule has 1 aromatic carbocycles. The van der Waals surface area contributed by atoms with Crippen LogP contribution in [-0.2, 0) is 19.6 Å². The molecule has 1 aromatic heterocycles. The van der Waals surface area contributed by atoms with Crippen molar-refractivity contribution in [3.05, 3.63) is 53.4 Å². The van der Waals surface area contributed by atoms with Gasteiger partial charge in [-0.15, -0.1) is 0 Å². The Hall–Kier alpha value is -1.75. The van der Waals surface area contributed by atoms with Gasteiger partial charge in [0.1, 0.15) is 0 Å². The number of halogens is 2. The van der Waals surface area contributed by atoms with E-state index in [1.165, 1.54) is 6.07 Å². The lowest BCUT2D eigenvalue weighted by molar-refractivity contribution is 0.492. The van der Waals surface area contributed by atoms with Gasteiger partial charge in [-0.05, 0) is 12.5 Å². The monoisotopic (exact) mass is 265 g/mol. The zero-order chi connectivity index (χ0) is 13.7. The maximum absolute atomic E-state index is 13.4. The SMILES string of the molecule is CCCn1cc(CNCc2cccc(F)c2F)cn1. The summed E-state index contributed by atoms with van der Waals surface area (Å²) in [6, 6.07) is 4.20. The number of nitrogens with one attached hydrogen (secondary N) is 1. The van der Waals surface area contributed by atoms with E-state index in [9.17, 15) is 8.78 Å². The molecule has 0 amide bonds. The van der Waals surface area contributed by atoms with Crippen molar-refractivity contribution in [2.24, 2.45) is 0 Å². The van der Waals surface area contributed by atoms with Crippen molar-refractivity contribution in [2.45, 2.75) is 33.0 Å².